The second-order valence-electron chi connectivity index (χ2n) is 5.98. The van der Waals surface area contributed by atoms with Crippen LogP contribution >= 0.6 is 0 Å². The number of nitro groups is 1. The van der Waals surface area contributed by atoms with Gasteiger partial charge in [-0.2, -0.15) is 0 Å². The summed E-state index contributed by atoms with van der Waals surface area (Å²) < 4.78 is 0. The molecule has 0 radical (unpaired) electrons. The molecule has 4 heteroatoms. The van der Waals surface area contributed by atoms with Crippen LogP contribution in [0.5, 0.6) is 0 Å². The first kappa shape index (κ1) is 23.8. The van der Waals surface area contributed by atoms with Crippen LogP contribution in [0.4, 0.5) is 0 Å². The molecule has 26 heavy (non-hydrogen) atoms. The maximum Gasteiger partial charge on any atom is 0.242 e. The van der Waals surface area contributed by atoms with Crippen LogP contribution in [0.15, 0.2) is 60.4 Å². The van der Waals surface area contributed by atoms with Gasteiger partial charge in [0.2, 0.25) is 5.70 Å². The van der Waals surface area contributed by atoms with Crippen molar-refractivity contribution in [1.82, 2.24) is 0 Å². The van der Waals surface area contributed by atoms with E-state index < -0.39 is 0 Å². The number of carbonyl (C=O) groups is 1. The number of nitrogens with zero attached hydrogens (tertiary/aromatic N) is 1. The van der Waals surface area contributed by atoms with Gasteiger partial charge in [0.1, 0.15) is 6.29 Å². The van der Waals surface area contributed by atoms with Crippen LogP contribution in [0, 0.1) is 10.1 Å². The topological polar surface area (TPSA) is 60.2 Å². The van der Waals surface area contributed by atoms with Gasteiger partial charge < -0.3 is 4.79 Å². The minimum atomic E-state index is -0.257. The van der Waals surface area contributed by atoms with Crippen molar-refractivity contribution in [1.29, 1.82) is 0 Å². The number of rotatable bonds is 16. The fourth-order valence-electron chi connectivity index (χ4n) is 2.22. The monoisotopic (exact) mass is 359 g/mol. The predicted octanol–water partition coefficient (Wildman–Crippen LogP) is 6.49. The van der Waals surface area contributed by atoms with Gasteiger partial charge in [0.05, 0.1) is 4.92 Å². The third-order valence-corrected chi connectivity index (χ3v) is 3.69. The van der Waals surface area contributed by atoms with Gasteiger partial charge in [0, 0.05) is 12.8 Å². The van der Waals surface area contributed by atoms with Gasteiger partial charge in [0.25, 0.3) is 0 Å². The van der Waals surface area contributed by atoms with Crippen LogP contribution in [0.25, 0.3) is 0 Å². The fourth-order valence-corrected chi connectivity index (χ4v) is 2.22. The van der Waals surface area contributed by atoms with Crippen molar-refractivity contribution in [2.75, 3.05) is 0 Å². The van der Waals surface area contributed by atoms with E-state index in [-0.39, 0.29) is 4.92 Å². The SMILES string of the molecule is CCCCCC(=CCC=CCC=CCC=CCC=CCCC=O)[N+](=O)[O-]. The van der Waals surface area contributed by atoms with E-state index in [9.17, 15) is 14.9 Å². The van der Waals surface area contributed by atoms with E-state index in [2.05, 4.69) is 37.3 Å². The smallest absolute Gasteiger partial charge is 0.242 e. The molecule has 0 heterocycles. The van der Waals surface area contributed by atoms with E-state index in [1.165, 1.54) is 0 Å². The molecule has 144 valence electrons. The standard InChI is InChI=1S/C22H33NO3/c1-2-3-16-19-22(23(25)26)20-17-14-12-10-8-6-4-5-7-9-11-13-15-18-21-24/h5-8,11-14,20-21H,2-4,9-10,15-19H2,1H3. The Morgan fingerprint density at radius 3 is 1.85 bits per heavy atom. The molecule has 0 aliphatic carbocycles. The summed E-state index contributed by atoms with van der Waals surface area (Å²) in [6, 6.07) is 0. The Morgan fingerprint density at radius 1 is 0.808 bits per heavy atom. The Morgan fingerprint density at radius 2 is 1.35 bits per heavy atom. The fraction of sp³-hybridized carbons (Fsp3) is 0.500. The second kappa shape index (κ2) is 19.1. The largest absolute Gasteiger partial charge is 0.303 e. The molecule has 0 saturated heterocycles. The molecular formula is C22H33NO3. The maximum absolute atomic E-state index is 11.0. The lowest BCUT2D eigenvalue weighted by Crippen LogP contribution is -1.98. The Labute approximate surface area is 158 Å². The summed E-state index contributed by atoms with van der Waals surface area (Å²) >= 11 is 0. The zero-order valence-electron chi connectivity index (χ0n) is 16.0. The van der Waals surface area contributed by atoms with Crippen molar-refractivity contribution in [3.8, 4) is 0 Å². The summed E-state index contributed by atoms with van der Waals surface area (Å²) in [6.07, 6.45) is 27.5. The molecule has 4 nitrogen and oxygen atoms in total. The molecular weight excluding hydrogens is 326 g/mol. The lowest BCUT2D eigenvalue weighted by molar-refractivity contribution is -0.428. The van der Waals surface area contributed by atoms with Crippen molar-refractivity contribution in [2.45, 2.75) is 71.1 Å². The first-order valence-electron chi connectivity index (χ1n) is 9.59. The van der Waals surface area contributed by atoms with Gasteiger partial charge in [0.15, 0.2) is 0 Å². The molecule has 0 aromatic carbocycles. The van der Waals surface area contributed by atoms with Crippen molar-refractivity contribution < 1.29 is 9.72 Å². The van der Waals surface area contributed by atoms with Gasteiger partial charge in [-0.15, -0.1) is 0 Å². The quantitative estimate of drug-likeness (QED) is 0.104. The molecule has 0 aromatic heterocycles. The lowest BCUT2D eigenvalue weighted by Gasteiger charge is -1.97. The summed E-state index contributed by atoms with van der Waals surface area (Å²) in [5.74, 6) is 0. The number of allylic oxidation sites excluding steroid dienone is 10. The van der Waals surface area contributed by atoms with Crippen molar-refractivity contribution in [2.24, 2.45) is 0 Å². The molecule has 0 amide bonds. The normalized spacial score (nSPS) is 12.9. The number of hydrogen-bond donors (Lipinski definition) is 0. The van der Waals surface area contributed by atoms with E-state index >= 15 is 0 Å². The highest BCUT2D eigenvalue weighted by molar-refractivity contribution is 5.49. The molecule has 0 aliphatic heterocycles. The Hall–Kier alpha value is -2.23. The van der Waals surface area contributed by atoms with Gasteiger partial charge in [-0.25, -0.2) is 0 Å². The molecule has 0 bridgehead atoms. The number of carbonyl (C=O) groups excluding carboxylic acids is 1. The van der Waals surface area contributed by atoms with E-state index in [0.29, 0.717) is 25.0 Å². The van der Waals surface area contributed by atoms with Gasteiger partial charge in [-0.1, -0.05) is 68.4 Å². The van der Waals surface area contributed by atoms with Crippen molar-refractivity contribution >= 4 is 6.29 Å². The highest BCUT2D eigenvalue weighted by Crippen LogP contribution is 2.10. The minimum absolute atomic E-state index is 0.257. The summed E-state index contributed by atoms with van der Waals surface area (Å²) in [4.78, 5) is 20.8. The highest BCUT2D eigenvalue weighted by Gasteiger charge is 2.08. The van der Waals surface area contributed by atoms with Crippen LogP contribution in [-0.2, 0) is 4.79 Å². The molecule has 0 spiro atoms. The summed E-state index contributed by atoms with van der Waals surface area (Å²) in [5.41, 5.74) is 0.337. The molecule has 0 atom stereocenters. The number of unbranched alkanes of at least 4 members (excludes halogenated alkanes) is 3. The third kappa shape index (κ3) is 16.6. The average Bonchev–Trinajstić information content (AvgIpc) is 2.63. The number of hydrogen-bond acceptors (Lipinski definition) is 3. The summed E-state index contributed by atoms with van der Waals surface area (Å²) in [7, 11) is 0. The number of aldehydes is 1. The van der Waals surface area contributed by atoms with Gasteiger partial charge in [-0.3, -0.25) is 10.1 Å². The predicted molar refractivity (Wildman–Crippen MR) is 110 cm³/mol. The van der Waals surface area contributed by atoms with Crippen LogP contribution in [0.2, 0.25) is 0 Å². The zero-order valence-corrected chi connectivity index (χ0v) is 16.0. The Kier molecular flexibility index (Phi) is 17.5. The minimum Gasteiger partial charge on any atom is -0.303 e. The molecule has 0 unspecified atom stereocenters. The molecule has 0 aromatic rings. The summed E-state index contributed by atoms with van der Waals surface area (Å²) in [5, 5.41) is 11.0. The molecule has 0 fully saturated rings. The van der Waals surface area contributed by atoms with Crippen molar-refractivity contribution in [3.05, 3.63) is 70.5 Å². The van der Waals surface area contributed by atoms with E-state index in [0.717, 1.165) is 51.2 Å². The van der Waals surface area contributed by atoms with Gasteiger partial charge in [-0.05, 0) is 44.6 Å². The molecule has 0 N–H and O–H groups in total. The lowest BCUT2D eigenvalue weighted by atomic mass is 10.1. The van der Waals surface area contributed by atoms with Crippen LogP contribution in [0.1, 0.15) is 71.1 Å². The Balaban J connectivity index is 3.85. The van der Waals surface area contributed by atoms with E-state index in [4.69, 9.17) is 0 Å². The van der Waals surface area contributed by atoms with E-state index in [1.54, 1.807) is 6.08 Å². The maximum atomic E-state index is 11.0. The average molecular weight is 360 g/mol. The van der Waals surface area contributed by atoms with Crippen LogP contribution in [-0.4, -0.2) is 11.2 Å². The highest BCUT2D eigenvalue weighted by atomic mass is 16.6. The van der Waals surface area contributed by atoms with E-state index in [1.807, 2.05) is 18.2 Å². The summed E-state index contributed by atoms with van der Waals surface area (Å²) in [6.45, 7) is 2.09. The Bertz CT molecular complexity index is 513. The molecule has 0 aliphatic rings. The first-order chi connectivity index (χ1) is 12.7. The second-order valence-corrected chi connectivity index (χ2v) is 5.98. The van der Waals surface area contributed by atoms with Crippen molar-refractivity contribution in [3.63, 3.8) is 0 Å². The molecule has 0 rings (SSSR count). The van der Waals surface area contributed by atoms with Crippen LogP contribution < -0.4 is 0 Å². The first-order valence-corrected chi connectivity index (χ1v) is 9.59. The van der Waals surface area contributed by atoms with Crippen LogP contribution in [0.3, 0.4) is 0 Å². The molecule has 0 saturated carbocycles. The zero-order chi connectivity index (χ0) is 19.3. The van der Waals surface area contributed by atoms with Gasteiger partial charge >= 0.3 is 0 Å². The third-order valence-electron chi connectivity index (χ3n) is 3.69.